The topological polar surface area (TPSA) is 33.1 Å². The highest BCUT2D eigenvalue weighted by molar-refractivity contribution is 5.10. The molecule has 2 atom stereocenters. The predicted molar refractivity (Wildman–Crippen MR) is 81.7 cm³/mol. The van der Waals surface area contributed by atoms with Gasteiger partial charge in [-0.3, -0.25) is 4.68 Å². The van der Waals surface area contributed by atoms with Gasteiger partial charge < -0.3 is 10.2 Å². The first-order chi connectivity index (χ1) is 9.80. The lowest BCUT2D eigenvalue weighted by molar-refractivity contribution is 0.166. The maximum atomic E-state index is 4.63. The molecule has 2 aliphatic rings. The molecule has 2 unspecified atom stereocenters. The molecule has 0 radical (unpaired) electrons. The molecule has 4 heteroatoms. The Labute approximate surface area is 122 Å². The molecule has 0 bridgehead atoms. The van der Waals surface area contributed by atoms with E-state index >= 15 is 0 Å². The van der Waals surface area contributed by atoms with Crippen molar-refractivity contribution in [3.05, 3.63) is 17.5 Å². The van der Waals surface area contributed by atoms with Gasteiger partial charge in [0.25, 0.3) is 0 Å². The van der Waals surface area contributed by atoms with Gasteiger partial charge in [0.2, 0.25) is 0 Å². The van der Waals surface area contributed by atoms with Crippen LogP contribution in [0.15, 0.2) is 6.07 Å². The fourth-order valence-electron chi connectivity index (χ4n) is 3.76. The number of piperidine rings is 1. The van der Waals surface area contributed by atoms with E-state index in [9.17, 15) is 0 Å². The maximum Gasteiger partial charge on any atom is 0.0625 e. The van der Waals surface area contributed by atoms with Crippen LogP contribution in [-0.2, 0) is 19.5 Å². The van der Waals surface area contributed by atoms with E-state index in [1.54, 1.807) is 0 Å². The first-order valence-corrected chi connectivity index (χ1v) is 8.33. The Kier molecular flexibility index (Phi) is 4.41. The lowest BCUT2D eigenvalue weighted by atomic mass is 9.97. The maximum absolute atomic E-state index is 4.63. The SMILES string of the molecule is CCc1cc(CNC2CCN3CCCC3C2)n(CC)n1. The summed E-state index contributed by atoms with van der Waals surface area (Å²) in [6.07, 6.45) is 6.48. The average molecular weight is 276 g/mol. The smallest absolute Gasteiger partial charge is 0.0625 e. The molecular formula is C16H28N4. The fourth-order valence-corrected chi connectivity index (χ4v) is 3.76. The first kappa shape index (κ1) is 14.1. The summed E-state index contributed by atoms with van der Waals surface area (Å²) < 4.78 is 2.15. The summed E-state index contributed by atoms with van der Waals surface area (Å²) in [5, 5.41) is 8.41. The van der Waals surface area contributed by atoms with Gasteiger partial charge in [-0.05, 0) is 58.2 Å². The van der Waals surface area contributed by atoms with Crippen molar-refractivity contribution in [3.63, 3.8) is 0 Å². The number of nitrogens with one attached hydrogen (secondary N) is 1. The summed E-state index contributed by atoms with van der Waals surface area (Å²) in [4.78, 5) is 2.68. The third-order valence-electron chi connectivity index (χ3n) is 4.97. The minimum absolute atomic E-state index is 0.694. The molecule has 0 aliphatic carbocycles. The molecule has 20 heavy (non-hydrogen) atoms. The van der Waals surface area contributed by atoms with Crippen molar-refractivity contribution in [2.75, 3.05) is 13.1 Å². The zero-order valence-electron chi connectivity index (χ0n) is 12.9. The second kappa shape index (κ2) is 6.27. The zero-order valence-corrected chi connectivity index (χ0v) is 12.9. The quantitative estimate of drug-likeness (QED) is 0.895. The van der Waals surface area contributed by atoms with E-state index in [1.807, 2.05) is 0 Å². The number of hydrogen-bond acceptors (Lipinski definition) is 3. The molecule has 0 saturated carbocycles. The molecule has 0 amide bonds. The summed E-state index contributed by atoms with van der Waals surface area (Å²) in [5.41, 5.74) is 2.56. The van der Waals surface area contributed by atoms with Crippen molar-refractivity contribution in [2.24, 2.45) is 0 Å². The van der Waals surface area contributed by atoms with Gasteiger partial charge in [-0.1, -0.05) is 6.92 Å². The number of nitrogens with zero attached hydrogens (tertiary/aromatic N) is 3. The molecule has 0 aromatic carbocycles. The van der Waals surface area contributed by atoms with Gasteiger partial charge in [-0.15, -0.1) is 0 Å². The number of aryl methyl sites for hydroxylation is 2. The normalized spacial score (nSPS) is 26.9. The Morgan fingerprint density at radius 2 is 2.20 bits per heavy atom. The summed E-state index contributed by atoms with van der Waals surface area (Å²) in [5.74, 6) is 0. The Balaban J connectivity index is 1.55. The molecular weight excluding hydrogens is 248 g/mol. The van der Waals surface area contributed by atoms with Crippen molar-refractivity contribution in [1.29, 1.82) is 0 Å². The van der Waals surface area contributed by atoms with Crippen LogP contribution in [0.2, 0.25) is 0 Å². The molecule has 4 nitrogen and oxygen atoms in total. The molecule has 0 spiro atoms. The average Bonchev–Trinajstić information content (AvgIpc) is 3.10. The van der Waals surface area contributed by atoms with Crippen LogP contribution in [-0.4, -0.2) is 39.9 Å². The van der Waals surface area contributed by atoms with Crippen molar-refractivity contribution in [2.45, 2.75) is 71.1 Å². The largest absolute Gasteiger partial charge is 0.308 e. The van der Waals surface area contributed by atoms with E-state index in [0.29, 0.717) is 6.04 Å². The molecule has 2 fully saturated rings. The second-order valence-corrected chi connectivity index (χ2v) is 6.23. The third kappa shape index (κ3) is 2.91. The molecule has 2 saturated heterocycles. The number of aromatic nitrogens is 2. The van der Waals surface area contributed by atoms with Gasteiger partial charge in [-0.25, -0.2) is 0 Å². The van der Waals surface area contributed by atoms with Gasteiger partial charge in [0.05, 0.1) is 11.4 Å². The summed E-state index contributed by atoms with van der Waals surface area (Å²) in [6, 6.07) is 3.81. The van der Waals surface area contributed by atoms with E-state index in [4.69, 9.17) is 0 Å². The van der Waals surface area contributed by atoms with Crippen molar-refractivity contribution >= 4 is 0 Å². The van der Waals surface area contributed by atoms with Gasteiger partial charge in [0, 0.05) is 25.2 Å². The Bertz CT molecular complexity index is 440. The highest BCUT2D eigenvalue weighted by Crippen LogP contribution is 2.26. The minimum Gasteiger partial charge on any atom is -0.308 e. The van der Waals surface area contributed by atoms with Crippen molar-refractivity contribution in [1.82, 2.24) is 20.0 Å². The zero-order chi connectivity index (χ0) is 13.9. The van der Waals surface area contributed by atoms with E-state index < -0.39 is 0 Å². The van der Waals surface area contributed by atoms with Crippen molar-refractivity contribution in [3.8, 4) is 0 Å². The van der Waals surface area contributed by atoms with E-state index in [1.165, 1.54) is 50.2 Å². The van der Waals surface area contributed by atoms with E-state index in [-0.39, 0.29) is 0 Å². The Hall–Kier alpha value is -0.870. The van der Waals surface area contributed by atoms with Crippen LogP contribution in [0.1, 0.15) is 50.9 Å². The van der Waals surface area contributed by atoms with Crippen LogP contribution >= 0.6 is 0 Å². The van der Waals surface area contributed by atoms with E-state index in [0.717, 1.165) is 25.6 Å². The Morgan fingerprint density at radius 1 is 1.30 bits per heavy atom. The summed E-state index contributed by atoms with van der Waals surface area (Å²) >= 11 is 0. The Morgan fingerprint density at radius 3 is 3.00 bits per heavy atom. The van der Waals surface area contributed by atoms with Crippen LogP contribution in [0.3, 0.4) is 0 Å². The predicted octanol–water partition coefficient (Wildman–Crippen LogP) is 2.18. The molecule has 112 valence electrons. The van der Waals surface area contributed by atoms with Crippen LogP contribution < -0.4 is 5.32 Å². The lowest BCUT2D eigenvalue weighted by Crippen LogP contribution is -2.45. The van der Waals surface area contributed by atoms with Gasteiger partial charge >= 0.3 is 0 Å². The molecule has 3 heterocycles. The van der Waals surface area contributed by atoms with Crippen LogP contribution in [0.5, 0.6) is 0 Å². The minimum atomic E-state index is 0.694. The third-order valence-corrected chi connectivity index (χ3v) is 4.97. The first-order valence-electron chi connectivity index (χ1n) is 8.33. The van der Waals surface area contributed by atoms with Crippen LogP contribution in [0, 0.1) is 0 Å². The summed E-state index contributed by atoms with van der Waals surface area (Å²) in [6.45, 7) is 8.91. The molecule has 1 aromatic rings. The molecule has 3 rings (SSSR count). The van der Waals surface area contributed by atoms with Crippen molar-refractivity contribution < 1.29 is 0 Å². The van der Waals surface area contributed by atoms with Gasteiger partial charge in [0.15, 0.2) is 0 Å². The second-order valence-electron chi connectivity index (χ2n) is 6.23. The van der Waals surface area contributed by atoms with Gasteiger partial charge in [-0.2, -0.15) is 5.10 Å². The lowest BCUT2D eigenvalue weighted by Gasteiger charge is -2.35. The standard InChI is InChI=1S/C16H28N4/c1-3-13-10-16(20(4-2)18-13)12-17-14-7-9-19-8-5-6-15(19)11-14/h10,14-15,17H,3-9,11-12H2,1-2H3. The number of hydrogen-bond donors (Lipinski definition) is 1. The van der Waals surface area contributed by atoms with Gasteiger partial charge in [0.1, 0.15) is 0 Å². The fraction of sp³-hybridized carbons (Fsp3) is 0.812. The van der Waals surface area contributed by atoms with Crippen LogP contribution in [0.25, 0.3) is 0 Å². The highest BCUT2D eigenvalue weighted by atomic mass is 15.3. The monoisotopic (exact) mass is 276 g/mol. The molecule has 1 N–H and O–H groups in total. The van der Waals surface area contributed by atoms with Crippen LogP contribution in [0.4, 0.5) is 0 Å². The summed E-state index contributed by atoms with van der Waals surface area (Å²) in [7, 11) is 0. The van der Waals surface area contributed by atoms with E-state index in [2.05, 4.69) is 39.9 Å². The number of rotatable bonds is 5. The molecule has 2 aliphatic heterocycles. The number of fused-ring (bicyclic) bond motifs is 1. The highest BCUT2D eigenvalue weighted by Gasteiger charge is 2.31. The molecule has 1 aromatic heterocycles.